The number of ether oxygens (including phenoxy) is 1. The first kappa shape index (κ1) is 45.1. The fraction of sp³-hybridized carbons (Fsp3) is 0.326. The Morgan fingerprint density at radius 1 is 0.738 bits per heavy atom. The van der Waals surface area contributed by atoms with Gasteiger partial charge in [-0.1, -0.05) is 71.7 Å². The number of nitrogens with one attached hydrogen (secondary N) is 1. The molecule has 4 heterocycles. The summed E-state index contributed by atoms with van der Waals surface area (Å²) in [5.41, 5.74) is 3.62. The number of quaternary nitrogens is 1. The molecule has 0 saturated carbocycles. The molecule has 0 saturated heterocycles. The van der Waals surface area contributed by atoms with Crippen molar-refractivity contribution in [3.05, 3.63) is 140 Å². The third-order valence-corrected chi connectivity index (χ3v) is 11.6. The van der Waals surface area contributed by atoms with E-state index in [-0.39, 0.29) is 60.8 Å². The van der Waals surface area contributed by atoms with Crippen LogP contribution in [0.1, 0.15) is 86.2 Å². The van der Waals surface area contributed by atoms with Crippen molar-refractivity contribution in [2.45, 2.75) is 58.8 Å². The number of aliphatic imine (C=N–C) groups is 1. The highest BCUT2D eigenvalue weighted by Gasteiger charge is 2.39. The number of amides is 4. The number of rotatable bonds is 12. The van der Waals surface area contributed by atoms with Crippen LogP contribution in [-0.2, 0) is 22.6 Å². The number of esters is 1. The Kier molecular flexibility index (Phi) is 14.5. The second-order valence-electron chi connectivity index (χ2n) is 16.4. The highest BCUT2D eigenvalue weighted by molar-refractivity contribution is 6.30. The van der Waals surface area contributed by atoms with Gasteiger partial charge in [-0.05, 0) is 74.9 Å². The van der Waals surface area contributed by atoms with Gasteiger partial charge in [0.25, 0.3) is 23.6 Å². The molecule has 4 aliphatic rings. The molecule has 4 aromatic rings. The van der Waals surface area contributed by atoms with Gasteiger partial charge < -0.3 is 17.1 Å². The van der Waals surface area contributed by atoms with Crippen LogP contribution in [0.15, 0.2) is 102 Å². The zero-order valence-corrected chi connectivity index (χ0v) is 36.5. The standard InChI is InChI=1S/C26H29ClN3O4.C20H18ClN3O2.ClH/c1-26(2,3)25(33)34-17-28-15-20(29(16-28)14-18-8-10-19(27)11-9-18)12-13-30-23(31)21-6-4-5-7-22(21)24(30)32;21-15-7-5-14(6-8-15)12-23-13-22-11-16(23)9-10-24-19(25)17-3-1-2-4-18(17)20(24)26;/h4-11,16,20H,12-15,17H2,1-3H3;1-8,13,16H,9-12H2;1H/q+1;;. The topological polar surface area (TPSA) is 124 Å². The first-order chi connectivity index (χ1) is 28.8. The molecule has 12 nitrogen and oxygen atoms in total. The van der Waals surface area contributed by atoms with Crippen LogP contribution in [-0.4, -0.2) is 107 Å². The van der Waals surface area contributed by atoms with Gasteiger partial charge in [-0.3, -0.25) is 43.6 Å². The summed E-state index contributed by atoms with van der Waals surface area (Å²) in [6.45, 7) is 9.13. The molecule has 15 heteroatoms. The molecule has 3 atom stereocenters. The second-order valence-corrected chi connectivity index (χ2v) is 17.3. The van der Waals surface area contributed by atoms with Crippen molar-refractivity contribution >= 4 is 65.5 Å². The van der Waals surface area contributed by atoms with E-state index in [1.807, 2.05) is 86.6 Å². The lowest BCUT2D eigenvalue weighted by molar-refractivity contribution is -0.834. The number of halogens is 3. The number of imide groups is 2. The molecule has 8 rings (SSSR count). The fourth-order valence-corrected chi connectivity index (χ4v) is 7.92. The van der Waals surface area contributed by atoms with Crippen LogP contribution in [0.2, 0.25) is 10.0 Å². The van der Waals surface area contributed by atoms with Gasteiger partial charge in [0, 0.05) is 41.5 Å². The zero-order chi connectivity index (χ0) is 42.6. The van der Waals surface area contributed by atoms with Gasteiger partial charge >= 0.3 is 5.97 Å². The van der Waals surface area contributed by atoms with Crippen LogP contribution >= 0.6 is 23.2 Å². The average Bonchev–Trinajstić information content (AvgIpc) is 3.97. The number of carbonyl (C=O) groups is 5. The Balaban J connectivity index is 0.000000207. The maximum atomic E-state index is 12.8. The quantitative estimate of drug-likeness (QED) is 0.132. The average molecular weight is 887 g/mol. The summed E-state index contributed by atoms with van der Waals surface area (Å²) >= 11 is 12.0. The smallest absolute Gasteiger partial charge is 0.314 e. The van der Waals surface area contributed by atoms with E-state index >= 15 is 0 Å². The van der Waals surface area contributed by atoms with Crippen molar-refractivity contribution < 1.29 is 50.6 Å². The van der Waals surface area contributed by atoms with E-state index in [0.717, 1.165) is 23.6 Å². The third-order valence-electron chi connectivity index (χ3n) is 11.1. The third kappa shape index (κ3) is 10.6. The summed E-state index contributed by atoms with van der Waals surface area (Å²) in [4.78, 5) is 73.2. The maximum Gasteiger partial charge on any atom is 0.314 e. The summed E-state index contributed by atoms with van der Waals surface area (Å²) < 4.78 is 7.45. The SMILES string of the molecule is CC(C)(C)C(=O)OC[N+]1=CN(Cc2ccc(Cl)cc2)C(CCN2C(=O)c3ccccc3C2=O)C1.O=C1c2ccccc2C(=O)N1CCC1CN=C[NH+]1Cc1ccc(Cl)cc1.[Cl-]. The van der Waals surface area contributed by atoms with Crippen LogP contribution in [0.5, 0.6) is 0 Å². The summed E-state index contributed by atoms with van der Waals surface area (Å²) in [6.07, 6.45) is 5.22. The van der Waals surface area contributed by atoms with Gasteiger partial charge in [0.1, 0.15) is 31.7 Å². The van der Waals surface area contributed by atoms with E-state index in [1.54, 1.807) is 48.5 Å². The minimum atomic E-state index is -0.576. The maximum absolute atomic E-state index is 12.8. The molecular weight excluding hydrogens is 839 g/mol. The lowest BCUT2D eigenvalue weighted by atomic mass is 9.98. The van der Waals surface area contributed by atoms with Crippen LogP contribution < -0.4 is 17.3 Å². The Morgan fingerprint density at radius 2 is 1.21 bits per heavy atom. The van der Waals surface area contributed by atoms with Gasteiger partial charge in [-0.2, -0.15) is 0 Å². The molecule has 3 unspecified atom stereocenters. The molecular formula is C46H48Cl3N6O6+. The van der Waals surface area contributed by atoms with Gasteiger partial charge in [0.15, 0.2) is 6.34 Å². The van der Waals surface area contributed by atoms with E-state index in [9.17, 15) is 24.0 Å². The van der Waals surface area contributed by atoms with E-state index in [2.05, 4.69) is 9.89 Å². The molecule has 0 radical (unpaired) electrons. The van der Waals surface area contributed by atoms with Gasteiger partial charge in [-0.25, -0.2) is 9.57 Å². The second kappa shape index (κ2) is 19.5. The number of fused-ring (bicyclic) bond motifs is 2. The van der Waals surface area contributed by atoms with Crippen molar-refractivity contribution in [2.75, 3.05) is 32.9 Å². The molecule has 1 N–H and O–H groups in total. The molecule has 4 aromatic carbocycles. The zero-order valence-electron chi connectivity index (χ0n) is 34.2. The molecule has 4 aliphatic heterocycles. The lowest BCUT2D eigenvalue weighted by Gasteiger charge is -2.21. The monoisotopic (exact) mass is 885 g/mol. The van der Waals surface area contributed by atoms with Crippen molar-refractivity contribution in [2.24, 2.45) is 10.4 Å². The molecule has 0 bridgehead atoms. The normalized spacial score (nSPS) is 19.1. The number of carbonyl (C=O) groups excluding carboxylic acids is 5. The molecule has 0 aromatic heterocycles. The highest BCUT2D eigenvalue weighted by Crippen LogP contribution is 2.25. The number of nitrogens with zero attached hydrogens (tertiary/aromatic N) is 5. The molecule has 0 spiro atoms. The number of hydrogen-bond donors (Lipinski definition) is 1. The Labute approximate surface area is 371 Å². The van der Waals surface area contributed by atoms with Crippen LogP contribution in [0.4, 0.5) is 0 Å². The van der Waals surface area contributed by atoms with Gasteiger partial charge in [-0.15, -0.1) is 0 Å². The first-order valence-electron chi connectivity index (χ1n) is 20.0. The Bertz CT molecular complexity index is 2280. The Hall–Kier alpha value is -5.40. The number of hydrogen-bond acceptors (Lipinski definition) is 8. The van der Waals surface area contributed by atoms with Crippen LogP contribution in [0.25, 0.3) is 0 Å². The largest absolute Gasteiger partial charge is 1.00 e. The van der Waals surface area contributed by atoms with Crippen molar-refractivity contribution in [3.8, 4) is 0 Å². The van der Waals surface area contributed by atoms with E-state index in [1.165, 1.54) is 20.3 Å². The summed E-state index contributed by atoms with van der Waals surface area (Å²) in [5.74, 6) is -1.14. The highest BCUT2D eigenvalue weighted by atomic mass is 35.5. The first-order valence-corrected chi connectivity index (χ1v) is 20.8. The summed E-state index contributed by atoms with van der Waals surface area (Å²) in [6, 6.07) is 29.7. The van der Waals surface area contributed by atoms with E-state index in [4.69, 9.17) is 27.9 Å². The van der Waals surface area contributed by atoms with Gasteiger partial charge in [0.05, 0.1) is 34.2 Å². The lowest BCUT2D eigenvalue weighted by Crippen LogP contribution is -3.12. The predicted octanol–water partition coefficient (Wildman–Crippen LogP) is 2.62. The van der Waals surface area contributed by atoms with Crippen molar-refractivity contribution in [3.63, 3.8) is 0 Å². The molecule has 0 fully saturated rings. The summed E-state index contributed by atoms with van der Waals surface area (Å²) in [5, 5.41) is 1.40. The number of benzene rings is 4. The van der Waals surface area contributed by atoms with E-state index < -0.39 is 5.41 Å². The minimum absolute atomic E-state index is 0. The molecule has 0 aliphatic carbocycles. The predicted molar refractivity (Wildman–Crippen MR) is 229 cm³/mol. The fourth-order valence-electron chi connectivity index (χ4n) is 7.67. The van der Waals surface area contributed by atoms with Crippen LogP contribution in [0.3, 0.4) is 0 Å². The molecule has 61 heavy (non-hydrogen) atoms. The Morgan fingerprint density at radius 3 is 1.70 bits per heavy atom. The molecule has 4 amide bonds. The molecule has 318 valence electrons. The van der Waals surface area contributed by atoms with E-state index in [0.29, 0.717) is 66.4 Å². The van der Waals surface area contributed by atoms with Crippen molar-refractivity contribution in [1.29, 1.82) is 0 Å². The summed E-state index contributed by atoms with van der Waals surface area (Å²) in [7, 11) is 0. The minimum Gasteiger partial charge on any atom is -1.00 e. The van der Waals surface area contributed by atoms with Crippen molar-refractivity contribution in [1.82, 2.24) is 14.7 Å². The van der Waals surface area contributed by atoms with Gasteiger partial charge in [0.2, 0.25) is 13.1 Å². The van der Waals surface area contributed by atoms with Crippen LogP contribution in [0, 0.1) is 5.41 Å².